The summed E-state index contributed by atoms with van der Waals surface area (Å²) in [6.07, 6.45) is 1.71. The van der Waals surface area contributed by atoms with Gasteiger partial charge in [0.05, 0.1) is 6.20 Å². The van der Waals surface area contributed by atoms with E-state index in [0.717, 1.165) is 11.1 Å². The number of carboxylic acids is 1. The maximum absolute atomic E-state index is 11.3. The zero-order valence-corrected chi connectivity index (χ0v) is 8.54. The Morgan fingerprint density at radius 3 is 2.94 bits per heavy atom. The minimum atomic E-state index is -1.26. The lowest BCUT2D eigenvalue weighted by molar-refractivity contribution is 0.0662. The Morgan fingerprint density at radius 2 is 2.44 bits per heavy atom. The first-order valence-electron chi connectivity index (χ1n) is 4.26. The molecule has 0 saturated carbocycles. The third kappa shape index (κ3) is 2.59. The molecule has 7 heteroatoms. The highest BCUT2D eigenvalue weighted by Crippen LogP contribution is 2.13. The second-order valence-electron chi connectivity index (χ2n) is 2.74. The zero-order valence-electron chi connectivity index (χ0n) is 8.54. The SMILES string of the molecule is C=CCOC(=O)N(C)c1ncc(C(=O)O)o1. The van der Waals surface area contributed by atoms with Gasteiger partial charge in [-0.25, -0.2) is 19.5 Å². The molecule has 16 heavy (non-hydrogen) atoms. The van der Waals surface area contributed by atoms with E-state index in [-0.39, 0.29) is 18.4 Å². The van der Waals surface area contributed by atoms with Crippen molar-refractivity contribution in [1.82, 2.24) is 4.98 Å². The molecule has 1 aromatic heterocycles. The van der Waals surface area contributed by atoms with Gasteiger partial charge in [-0.3, -0.25) is 0 Å². The minimum absolute atomic E-state index is 0.0513. The number of amides is 1. The monoisotopic (exact) mass is 226 g/mol. The van der Waals surface area contributed by atoms with E-state index in [1.165, 1.54) is 13.1 Å². The molecule has 0 spiro atoms. The molecule has 1 N–H and O–H groups in total. The van der Waals surface area contributed by atoms with Crippen molar-refractivity contribution in [2.75, 3.05) is 18.6 Å². The van der Waals surface area contributed by atoms with Gasteiger partial charge in [-0.1, -0.05) is 12.7 Å². The van der Waals surface area contributed by atoms with Crippen LogP contribution >= 0.6 is 0 Å². The highest BCUT2D eigenvalue weighted by molar-refractivity contribution is 5.86. The van der Waals surface area contributed by atoms with Crippen LogP contribution in [0.4, 0.5) is 10.8 Å². The Kier molecular flexibility index (Phi) is 3.65. The van der Waals surface area contributed by atoms with Gasteiger partial charge in [0.2, 0.25) is 5.76 Å². The highest BCUT2D eigenvalue weighted by atomic mass is 16.6. The number of hydrogen-bond donors (Lipinski definition) is 1. The van der Waals surface area contributed by atoms with Crippen molar-refractivity contribution >= 4 is 18.1 Å². The Bertz CT molecular complexity index is 412. The van der Waals surface area contributed by atoms with Gasteiger partial charge in [-0.15, -0.1) is 0 Å². The van der Waals surface area contributed by atoms with Gasteiger partial charge in [0.1, 0.15) is 6.61 Å². The smallest absolute Gasteiger partial charge is 0.417 e. The molecule has 0 aromatic carbocycles. The zero-order chi connectivity index (χ0) is 12.1. The number of oxazole rings is 1. The van der Waals surface area contributed by atoms with Gasteiger partial charge in [0, 0.05) is 7.05 Å². The molecular weight excluding hydrogens is 216 g/mol. The second-order valence-corrected chi connectivity index (χ2v) is 2.74. The molecule has 0 aliphatic carbocycles. The molecule has 0 radical (unpaired) electrons. The lowest BCUT2D eigenvalue weighted by atomic mass is 10.5. The number of carbonyl (C=O) groups is 2. The summed E-state index contributed by atoms with van der Waals surface area (Å²) < 4.78 is 9.50. The van der Waals surface area contributed by atoms with E-state index >= 15 is 0 Å². The summed E-state index contributed by atoms with van der Waals surface area (Å²) in [5, 5.41) is 8.58. The van der Waals surface area contributed by atoms with Crippen LogP contribution < -0.4 is 4.90 Å². The van der Waals surface area contributed by atoms with Crippen LogP contribution in [0.3, 0.4) is 0 Å². The minimum Gasteiger partial charge on any atom is -0.475 e. The summed E-state index contributed by atoms with van der Waals surface area (Å²) in [6, 6.07) is -0.147. The first-order chi connectivity index (χ1) is 7.56. The number of carbonyl (C=O) groups excluding carboxylic acids is 1. The number of nitrogens with zero attached hydrogens (tertiary/aromatic N) is 2. The van der Waals surface area contributed by atoms with E-state index in [0.29, 0.717) is 0 Å². The molecular formula is C9H10N2O5. The van der Waals surface area contributed by atoms with E-state index in [1.54, 1.807) is 0 Å². The number of aromatic carboxylic acids is 1. The number of anilines is 1. The number of ether oxygens (including phenoxy) is 1. The Labute approximate surface area is 90.9 Å². The molecule has 0 aliphatic heterocycles. The van der Waals surface area contributed by atoms with Gasteiger partial charge in [0.25, 0.3) is 0 Å². The predicted molar refractivity (Wildman–Crippen MR) is 53.4 cm³/mol. The lowest BCUT2D eigenvalue weighted by Crippen LogP contribution is -2.27. The third-order valence-electron chi connectivity index (χ3n) is 1.59. The quantitative estimate of drug-likeness (QED) is 0.773. The van der Waals surface area contributed by atoms with Crippen molar-refractivity contribution < 1.29 is 23.8 Å². The molecule has 0 unspecified atom stereocenters. The number of rotatable bonds is 4. The predicted octanol–water partition coefficient (Wildman–Crippen LogP) is 1.13. The van der Waals surface area contributed by atoms with Gasteiger partial charge in [0.15, 0.2) is 0 Å². The average Bonchev–Trinajstić information content (AvgIpc) is 2.74. The summed E-state index contributed by atoms with van der Waals surface area (Å²) >= 11 is 0. The summed E-state index contributed by atoms with van der Waals surface area (Å²) in [6.45, 7) is 3.43. The van der Waals surface area contributed by atoms with Crippen molar-refractivity contribution in [3.05, 3.63) is 24.6 Å². The van der Waals surface area contributed by atoms with Crippen LogP contribution in [0.1, 0.15) is 10.6 Å². The topological polar surface area (TPSA) is 92.9 Å². The maximum Gasteiger partial charge on any atom is 0.417 e. The van der Waals surface area contributed by atoms with Crippen LogP contribution in [-0.2, 0) is 4.74 Å². The van der Waals surface area contributed by atoms with Gasteiger partial charge < -0.3 is 14.3 Å². The first kappa shape index (κ1) is 11.8. The normalized spacial score (nSPS) is 9.56. The molecule has 0 atom stereocenters. The maximum atomic E-state index is 11.3. The van der Waals surface area contributed by atoms with Crippen LogP contribution in [0.25, 0.3) is 0 Å². The van der Waals surface area contributed by atoms with Crippen LogP contribution in [-0.4, -0.2) is 35.8 Å². The van der Waals surface area contributed by atoms with E-state index in [4.69, 9.17) is 14.3 Å². The van der Waals surface area contributed by atoms with E-state index in [1.807, 2.05) is 0 Å². The molecule has 7 nitrogen and oxygen atoms in total. The van der Waals surface area contributed by atoms with Crippen molar-refractivity contribution in [3.63, 3.8) is 0 Å². The molecule has 0 aliphatic rings. The summed E-state index contributed by atoms with van der Waals surface area (Å²) in [5.41, 5.74) is 0. The molecule has 0 saturated heterocycles. The molecule has 86 valence electrons. The van der Waals surface area contributed by atoms with Crippen LogP contribution in [0.5, 0.6) is 0 Å². The van der Waals surface area contributed by atoms with E-state index in [2.05, 4.69) is 11.6 Å². The third-order valence-corrected chi connectivity index (χ3v) is 1.59. The molecule has 1 heterocycles. The fourth-order valence-corrected chi connectivity index (χ4v) is 0.824. The van der Waals surface area contributed by atoms with E-state index in [9.17, 15) is 9.59 Å². The number of hydrogen-bond acceptors (Lipinski definition) is 5. The van der Waals surface area contributed by atoms with Crippen molar-refractivity contribution in [3.8, 4) is 0 Å². The Hall–Kier alpha value is -2.31. The van der Waals surface area contributed by atoms with Crippen molar-refractivity contribution in [1.29, 1.82) is 0 Å². The summed E-state index contributed by atoms with van der Waals surface area (Å²) in [7, 11) is 1.35. The molecule has 0 bridgehead atoms. The number of carboxylic acid groups (broad SMARTS) is 1. The van der Waals surface area contributed by atoms with Crippen molar-refractivity contribution in [2.24, 2.45) is 0 Å². The van der Waals surface area contributed by atoms with Crippen LogP contribution in [0.15, 0.2) is 23.3 Å². The van der Waals surface area contributed by atoms with Gasteiger partial charge >= 0.3 is 18.1 Å². The highest BCUT2D eigenvalue weighted by Gasteiger charge is 2.19. The molecule has 1 rings (SSSR count). The Morgan fingerprint density at radius 1 is 1.75 bits per heavy atom. The summed E-state index contributed by atoms with van der Waals surface area (Å²) in [5.74, 6) is -1.61. The number of aromatic nitrogens is 1. The standard InChI is InChI=1S/C9H10N2O5/c1-3-4-15-9(14)11(2)8-10-5-6(16-8)7(12)13/h3,5H,1,4H2,2H3,(H,12,13). The Balaban J connectivity index is 2.71. The van der Waals surface area contributed by atoms with Crippen LogP contribution in [0, 0.1) is 0 Å². The average molecular weight is 226 g/mol. The van der Waals surface area contributed by atoms with Gasteiger partial charge in [-0.05, 0) is 0 Å². The van der Waals surface area contributed by atoms with Crippen molar-refractivity contribution in [2.45, 2.75) is 0 Å². The van der Waals surface area contributed by atoms with Gasteiger partial charge in [-0.2, -0.15) is 0 Å². The largest absolute Gasteiger partial charge is 0.475 e. The fraction of sp³-hybridized carbons (Fsp3) is 0.222. The summed E-state index contributed by atoms with van der Waals surface area (Å²) in [4.78, 5) is 26.4. The first-order valence-corrected chi connectivity index (χ1v) is 4.26. The second kappa shape index (κ2) is 4.96. The lowest BCUT2D eigenvalue weighted by Gasteiger charge is -2.11. The molecule has 1 amide bonds. The molecule has 0 fully saturated rings. The fourth-order valence-electron chi connectivity index (χ4n) is 0.824. The molecule has 1 aromatic rings. The van der Waals surface area contributed by atoms with Crippen LogP contribution in [0.2, 0.25) is 0 Å². The van der Waals surface area contributed by atoms with E-state index < -0.39 is 12.1 Å².